The maximum atomic E-state index is 11.8. The Morgan fingerprint density at radius 3 is 1.96 bits per heavy atom. The van der Waals surface area contributed by atoms with Crippen molar-refractivity contribution in [2.75, 3.05) is 6.54 Å². The molecule has 1 aliphatic heterocycles. The second-order valence-corrected chi connectivity index (χ2v) is 9.04. The Morgan fingerprint density at radius 2 is 1.54 bits per heavy atom. The fourth-order valence-corrected chi connectivity index (χ4v) is 2.63. The predicted molar refractivity (Wildman–Crippen MR) is 116 cm³/mol. The zero-order chi connectivity index (χ0) is 21.8. The van der Waals surface area contributed by atoms with Gasteiger partial charge in [0.25, 0.3) is 0 Å². The number of hydrogen-bond donors (Lipinski definition) is 1. The first-order valence-electron chi connectivity index (χ1n) is 10.2. The smallest absolute Gasteiger partial charge is 0.444 e. The van der Waals surface area contributed by atoms with Crippen LogP contribution in [0.25, 0.3) is 0 Å². The van der Waals surface area contributed by atoms with Crippen LogP contribution in [-0.4, -0.2) is 36.6 Å². The lowest BCUT2D eigenvalue weighted by molar-refractivity contribution is 0.00578. The van der Waals surface area contributed by atoms with E-state index in [-0.39, 0.29) is 24.2 Å². The van der Waals surface area contributed by atoms with Crippen LogP contribution < -0.4 is 10.8 Å². The summed E-state index contributed by atoms with van der Waals surface area (Å²) >= 11 is 0. The molecule has 0 saturated carbocycles. The van der Waals surface area contributed by atoms with Crippen molar-refractivity contribution < 1.29 is 18.8 Å². The molecule has 1 aromatic rings. The molecule has 0 spiro atoms. The highest BCUT2D eigenvalue weighted by atomic mass is 16.7. The van der Waals surface area contributed by atoms with Gasteiger partial charge in [-0.05, 0) is 65.4 Å². The van der Waals surface area contributed by atoms with Gasteiger partial charge in [0, 0.05) is 6.54 Å². The number of hydrogen-bond acceptors (Lipinski definition) is 4. The lowest BCUT2D eigenvalue weighted by atomic mass is 9.78. The van der Waals surface area contributed by atoms with E-state index in [2.05, 4.69) is 24.4 Å². The molecular weight excluding hydrogens is 353 g/mol. The molecule has 1 aliphatic rings. The third-order valence-electron chi connectivity index (χ3n) is 4.98. The van der Waals surface area contributed by atoms with Gasteiger partial charge in [0.1, 0.15) is 5.60 Å². The minimum absolute atomic E-state index is 0.176. The van der Waals surface area contributed by atoms with Crippen LogP contribution in [0.4, 0.5) is 4.79 Å². The molecule has 0 aliphatic carbocycles. The molecule has 158 valence electrons. The molecule has 5 nitrogen and oxygen atoms in total. The predicted octanol–water partition coefficient (Wildman–Crippen LogP) is 4.64. The molecule has 2 rings (SSSR count). The van der Waals surface area contributed by atoms with Crippen LogP contribution in [0.1, 0.15) is 80.7 Å². The number of benzene rings is 1. The molecule has 1 atom stereocenters. The summed E-state index contributed by atoms with van der Waals surface area (Å²) in [5, 5.41) is 2.82. The Labute approximate surface area is 171 Å². The van der Waals surface area contributed by atoms with Crippen molar-refractivity contribution in [2.45, 2.75) is 92.0 Å². The Hall–Kier alpha value is -1.53. The molecule has 1 N–H and O–H groups in total. The molecule has 1 unspecified atom stereocenters. The second-order valence-electron chi connectivity index (χ2n) is 9.04. The van der Waals surface area contributed by atoms with E-state index >= 15 is 0 Å². The van der Waals surface area contributed by atoms with Crippen molar-refractivity contribution >= 4 is 18.7 Å². The second kappa shape index (κ2) is 9.32. The topological polar surface area (TPSA) is 56.8 Å². The molecule has 0 radical (unpaired) electrons. The summed E-state index contributed by atoms with van der Waals surface area (Å²) in [6.45, 7) is 20.3. The minimum Gasteiger partial charge on any atom is -0.444 e. The maximum absolute atomic E-state index is 11.8. The summed E-state index contributed by atoms with van der Waals surface area (Å²) in [6, 6.07) is 8.17. The summed E-state index contributed by atoms with van der Waals surface area (Å²) in [5.41, 5.74) is 0.959. The molecule has 0 bridgehead atoms. The van der Waals surface area contributed by atoms with Crippen molar-refractivity contribution in [2.24, 2.45) is 0 Å². The zero-order valence-corrected chi connectivity index (χ0v) is 19.3. The molecule has 1 aromatic carbocycles. The lowest BCUT2D eigenvalue weighted by Crippen LogP contribution is -2.41. The van der Waals surface area contributed by atoms with Crippen LogP contribution in [0.3, 0.4) is 0 Å². The highest BCUT2D eigenvalue weighted by molar-refractivity contribution is 6.62. The van der Waals surface area contributed by atoms with Crippen LogP contribution in [0.15, 0.2) is 24.3 Å². The van der Waals surface area contributed by atoms with E-state index in [0.29, 0.717) is 6.54 Å². The third kappa shape index (κ3) is 6.52. The van der Waals surface area contributed by atoms with Gasteiger partial charge < -0.3 is 19.4 Å². The van der Waals surface area contributed by atoms with Gasteiger partial charge in [-0.2, -0.15) is 0 Å². The average Bonchev–Trinajstić information content (AvgIpc) is 2.81. The van der Waals surface area contributed by atoms with Gasteiger partial charge in [-0.3, -0.25) is 0 Å². The standard InChI is InChI=1S/C20H32BNO4.C2H6/c1-14(13-22-17(23)24-18(2,3)4)15-9-11-16(12-10-15)21-25-19(5,6)20(7,8)26-21;1-2/h9-12,14H,13H2,1-8H3,(H,22,23);1-2H3. The van der Waals surface area contributed by atoms with Crippen molar-refractivity contribution in [1.29, 1.82) is 0 Å². The summed E-state index contributed by atoms with van der Waals surface area (Å²) in [6.07, 6.45) is -0.391. The first kappa shape index (κ1) is 24.5. The van der Waals surface area contributed by atoms with E-state index in [4.69, 9.17) is 14.0 Å². The first-order chi connectivity index (χ1) is 12.8. The van der Waals surface area contributed by atoms with Crippen molar-refractivity contribution in [1.82, 2.24) is 5.32 Å². The Morgan fingerprint density at radius 1 is 1.07 bits per heavy atom. The average molecular weight is 391 g/mol. The van der Waals surface area contributed by atoms with Crippen LogP contribution in [0.2, 0.25) is 0 Å². The molecule has 1 heterocycles. The van der Waals surface area contributed by atoms with Crippen LogP contribution in [-0.2, 0) is 14.0 Å². The maximum Gasteiger partial charge on any atom is 0.494 e. The molecule has 6 heteroatoms. The van der Waals surface area contributed by atoms with Gasteiger partial charge in [-0.25, -0.2) is 4.79 Å². The molecule has 28 heavy (non-hydrogen) atoms. The van der Waals surface area contributed by atoms with Gasteiger partial charge >= 0.3 is 13.2 Å². The van der Waals surface area contributed by atoms with Gasteiger partial charge in [0.05, 0.1) is 11.2 Å². The van der Waals surface area contributed by atoms with Crippen LogP contribution in [0, 0.1) is 0 Å². The number of nitrogens with one attached hydrogen (secondary N) is 1. The van der Waals surface area contributed by atoms with E-state index in [1.807, 2.05) is 74.4 Å². The summed E-state index contributed by atoms with van der Waals surface area (Å²) in [4.78, 5) is 11.8. The monoisotopic (exact) mass is 391 g/mol. The lowest BCUT2D eigenvalue weighted by Gasteiger charge is -2.32. The number of alkyl carbamates (subject to hydrolysis) is 1. The number of carbonyl (C=O) groups excluding carboxylic acids is 1. The van der Waals surface area contributed by atoms with Gasteiger partial charge in [0.15, 0.2) is 0 Å². The molecular formula is C22H38BNO4. The van der Waals surface area contributed by atoms with E-state index in [1.165, 1.54) is 0 Å². The van der Waals surface area contributed by atoms with Crippen LogP contribution in [0.5, 0.6) is 0 Å². The highest BCUT2D eigenvalue weighted by Gasteiger charge is 2.51. The van der Waals surface area contributed by atoms with Gasteiger partial charge in [0.2, 0.25) is 0 Å². The van der Waals surface area contributed by atoms with E-state index in [1.54, 1.807) is 0 Å². The van der Waals surface area contributed by atoms with Gasteiger partial charge in [-0.15, -0.1) is 0 Å². The van der Waals surface area contributed by atoms with Crippen molar-refractivity contribution in [3.8, 4) is 0 Å². The first-order valence-corrected chi connectivity index (χ1v) is 10.2. The molecule has 0 aromatic heterocycles. The summed E-state index contributed by atoms with van der Waals surface area (Å²) < 4.78 is 17.4. The molecule has 1 amide bonds. The minimum atomic E-state index is -0.488. The number of rotatable bonds is 4. The SMILES string of the molecule is CC.CC(CNC(=O)OC(C)(C)C)c1ccc(B2OC(C)(C)C(C)(C)O2)cc1. The Kier molecular flexibility index (Phi) is 8.15. The summed E-state index contributed by atoms with van der Waals surface area (Å²) in [5.74, 6) is 0.176. The van der Waals surface area contributed by atoms with E-state index in [0.717, 1.165) is 11.0 Å². The Balaban J connectivity index is 0.00000190. The van der Waals surface area contributed by atoms with Crippen molar-refractivity contribution in [3.05, 3.63) is 29.8 Å². The van der Waals surface area contributed by atoms with Gasteiger partial charge in [-0.1, -0.05) is 45.0 Å². The van der Waals surface area contributed by atoms with E-state index in [9.17, 15) is 4.79 Å². The highest BCUT2D eigenvalue weighted by Crippen LogP contribution is 2.36. The number of carbonyl (C=O) groups is 1. The Bertz CT molecular complexity index is 619. The van der Waals surface area contributed by atoms with Crippen molar-refractivity contribution in [3.63, 3.8) is 0 Å². The normalized spacial score (nSPS) is 18.7. The van der Waals surface area contributed by atoms with Crippen LogP contribution >= 0.6 is 0 Å². The zero-order valence-electron chi connectivity index (χ0n) is 19.3. The molecule has 1 fully saturated rings. The molecule has 1 saturated heterocycles. The largest absolute Gasteiger partial charge is 0.494 e. The fourth-order valence-electron chi connectivity index (χ4n) is 2.63. The third-order valence-corrected chi connectivity index (χ3v) is 4.98. The fraction of sp³-hybridized carbons (Fsp3) is 0.682. The quantitative estimate of drug-likeness (QED) is 0.760. The number of ether oxygens (including phenoxy) is 1. The van der Waals surface area contributed by atoms with E-state index < -0.39 is 11.7 Å². The summed E-state index contributed by atoms with van der Waals surface area (Å²) in [7, 11) is -0.357. The number of amides is 1.